The second-order valence-corrected chi connectivity index (χ2v) is 5.55. The van der Waals surface area contributed by atoms with Crippen LogP contribution in [-0.2, 0) is 4.79 Å². The zero-order valence-corrected chi connectivity index (χ0v) is 13.5. The highest BCUT2D eigenvalue weighted by Crippen LogP contribution is 2.22. The van der Waals surface area contributed by atoms with E-state index in [4.69, 9.17) is 9.94 Å². The van der Waals surface area contributed by atoms with Crippen molar-refractivity contribution in [3.63, 3.8) is 0 Å². The summed E-state index contributed by atoms with van der Waals surface area (Å²) in [6.45, 7) is 1.82. The molecule has 0 aliphatic rings. The molecule has 0 unspecified atom stereocenters. The number of nitrogens with zero attached hydrogens (tertiary/aromatic N) is 1. The lowest BCUT2D eigenvalue weighted by atomic mass is 10.2. The van der Waals surface area contributed by atoms with E-state index < -0.39 is 0 Å². The number of aryl methyl sites for hydroxylation is 1. The Kier molecular flexibility index (Phi) is 5.55. The fraction of sp³-hybridized carbons (Fsp3) is 0.125. The van der Waals surface area contributed by atoms with Gasteiger partial charge in [0.25, 0.3) is 5.91 Å². The fourth-order valence-electron chi connectivity index (χ4n) is 1.88. The van der Waals surface area contributed by atoms with Crippen LogP contribution >= 0.6 is 15.9 Å². The number of carbonyl (C=O) groups excluding carboxylic acids is 1. The third-order valence-electron chi connectivity index (χ3n) is 2.83. The second kappa shape index (κ2) is 7.61. The Morgan fingerprint density at radius 2 is 2.18 bits per heavy atom. The predicted octanol–water partition coefficient (Wildman–Crippen LogP) is 3.58. The molecular weight excluding hydrogens is 348 g/mol. The highest BCUT2D eigenvalue weighted by atomic mass is 79.9. The van der Waals surface area contributed by atoms with Crippen LogP contribution in [0.2, 0.25) is 0 Å². The van der Waals surface area contributed by atoms with Crippen LogP contribution in [0.4, 0.5) is 5.69 Å². The number of carbonyl (C=O) groups is 1. The van der Waals surface area contributed by atoms with E-state index in [-0.39, 0.29) is 12.5 Å². The van der Waals surface area contributed by atoms with E-state index in [1.165, 1.54) is 6.21 Å². The number of hydrogen-bond donors (Lipinski definition) is 2. The van der Waals surface area contributed by atoms with Crippen LogP contribution in [0.1, 0.15) is 11.1 Å². The smallest absolute Gasteiger partial charge is 0.262 e. The Morgan fingerprint density at radius 1 is 1.36 bits per heavy atom. The zero-order chi connectivity index (χ0) is 15.9. The van der Waals surface area contributed by atoms with Crippen molar-refractivity contribution < 1.29 is 14.7 Å². The van der Waals surface area contributed by atoms with Crippen LogP contribution in [0.15, 0.2) is 52.1 Å². The number of hydrogen-bond acceptors (Lipinski definition) is 4. The van der Waals surface area contributed by atoms with Gasteiger partial charge < -0.3 is 15.3 Å². The van der Waals surface area contributed by atoms with E-state index in [1.54, 1.807) is 18.2 Å². The Labute approximate surface area is 136 Å². The highest BCUT2D eigenvalue weighted by molar-refractivity contribution is 9.10. The molecule has 0 bridgehead atoms. The molecule has 0 heterocycles. The van der Waals surface area contributed by atoms with E-state index in [2.05, 4.69) is 26.4 Å². The molecular formula is C16H15BrN2O3. The number of oxime groups is 1. The Balaban J connectivity index is 1.99. The van der Waals surface area contributed by atoms with Crippen molar-refractivity contribution in [2.75, 3.05) is 11.9 Å². The number of amides is 1. The van der Waals surface area contributed by atoms with Crippen molar-refractivity contribution in [2.24, 2.45) is 5.16 Å². The Bertz CT molecular complexity index is 702. The SMILES string of the molecule is Cc1cccc(NC(=O)COc2ccc(Br)cc2/C=N/O)c1. The summed E-state index contributed by atoms with van der Waals surface area (Å²) < 4.78 is 6.29. The standard InChI is InChI=1S/C16H15BrN2O3/c1-11-3-2-4-14(7-11)19-16(20)10-22-15-6-5-13(17)8-12(15)9-18-21/h2-9,21H,10H2,1H3,(H,19,20)/b18-9+. The number of halogens is 1. The van der Waals surface area contributed by atoms with Crippen LogP contribution in [0.25, 0.3) is 0 Å². The van der Waals surface area contributed by atoms with Crippen molar-refractivity contribution in [1.82, 2.24) is 0 Å². The summed E-state index contributed by atoms with van der Waals surface area (Å²) >= 11 is 3.32. The van der Waals surface area contributed by atoms with E-state index >= 15 is 0 Å². The largest absolute Gasteiger partial charge is 0.483 e. The predicted molar refractivity (Wildman–Crippen MR) is 88.8 cm³/mol. The van der Waals surface area contributed by atoms with Gasteiger partial charge in [0.1, 0.15) is 5.75 Å². The van der Waals surface area contributed by atoms with Crippen molar-refractivity contribution in [2.45, 2.75) is 6.92 Å². The average molecular weight is 363 g/mol. The molecule has 6 heteroatoms. The lowest BCUT2D eigenvalue weighted by Gasteiger charge is -2.10. The van der Waals surface area contributed by atoms with Gasteiger partial charge in [-0.3, -0.25) is 4.79 Å². The van der Waals surface area contributed by atoms with E-state index in [0.717, 1.165) is 15.7 Å². The molecule has 0 radical (unpaired) electrons. The Morgan fingerprint density at radius 3 is 2.91 bits per heavy atom. The van der Waals surface area contributed by atoms with E-state index in [9.17, 15) is 4.79 Å². The first-order chi connectivity index (χ1) is 10.6. The monoisotopic (exact) mass is 362 g/mol. The quantitative estimate of drug-likeness (QED) is 0.485. The molecule has 114 valence electrons. The van der Waals surface area contributed by atoms with Gasteiger partial charge in [-0.2, -0.15) is 0 Å². The second-order valence-electron chi connectivity index (χ2n) is 4.63. The van der Waals surface area contributed by atoms with Gasteiger partial charge in [-0.05, 0) is 42.8 Å². The molecule has 0 fully saturated rings. The lowest BCUT2D eigenvalue weighted by molar-refractivity contribution is -0.118. The molecule has 0 aromatic heterocycles. The summed E-state index contributed by atoms with van der Waals surface area (Å²) in [4.78, 5) is 11.9. The van der Waals surface area contributed by atoms with E-state index in [0.29, 0.717) is 11.3 Å². The minimum absolute atomic E-state index is 0.137. The molecule has 5 nitrogen and oxygen atoms in total. The molecule has 0 atom stereocenters. The van der Waals surface area contributed by atoms with Gasteiger partial charge in [0, 0.05) is 15.7 Å². The highest BCUT2D eigenvalue weighted by Gasteiger charge is 2.07. The average Bonchev–Trinajstić information content (AvgIpc) is 2.47. The number of rotatable bonds is 5. The van der Waals surface area contributed by atoms with Crippen molar-refractivity contribution in [3.8, 4) is 5.75 Å². The number of anilines is 1. The lowest BCUT2D eigenvalue weighted by Crippen LogP contribution is -2.20. The molecule has 2 N–H and O–H groups in total. The third kappa shape index (κ3) is 4.60. The van der Waals surface area contributed by atoms with Gasteiger partial charge >= 0.3 is 0 Å². The fourth-order valence-corrected chi connectivity index (χ4v) is 2.26. The molecule has 0 aliphatic heterocycles. The summed E-state index contributed by atoms with van der Waals surface area (Å²) in [5, 5.41) is 14.4. The summed E-state index contributed by atoms with van der Waals surface area (Å²) in [6.07, 6.45) is 1.25. The first kappa shape index (κ1) is 16.0. The molecule has 1 amide bonds. The van der Waals surface area contributed by atoms with Crippen LogP contribution < -0.4 is 10.1 Å². The van der Waals surface area contributed by atoms with Crippen molar-refractivity contribution >= 4 is 33.7 Å². The summed E-state index contributed by atoms with van der Waals surface area (Å²) in [6, 6.07) is 12.7. The first-order valence-corrected chi connectivity index (χ1v) is 7.34. The normalized spacial score (nSPS) is 10.6. The minimum atomic E-state index is -0.264. The summed E-state index contributed by atoms with van der Waals surface area (Å²) in [5.74, 6) is 0.195. The molecule has 2 aromatic carbocycles. The van der Waals surface area contributed by atoms with Gasteiger partial charge in [0.15, 0.2) is 6.61 Å². The van der Waals surface area contributed by atoms with Gasteiger partial charge in [-0.15, -0.1) is 0 Å². The van der Waals surface area contributed by atoms with Crippen LogP contribution in [0.3, 0.4) is 0 Å². The molecule has 0 saturated carbocycles. The minimum Gasteiger partial charge on any atom is -0.483 e. The number of ether oxygens (including phenoxy) is 1. The van der Waals surface area contributed by atoms with Gasteiger partial charge in [0.2, 0.25) is 0 Å². The Hall–Kier alpha value is -2.34. The van der Waals surface area contributed by atoms with Crippen LogP contribution in [0, 0.1) is 6.92 Å². The van der Waals surface area contributed by atoms with Crippen LogP contribution in [0.5, 0.6) is 5.75 Å². The van der Waals surface area contributed by atoms with E-state index in [1.807, 2.05) is 31.2 Å². The summed E-state index contributed by atoms with van der Waals surface area (Å²) in [5.41, 5.74) is 2.36. The van der Waals surface area contributed by atoms with Crippen molar-refractivity contribution in [3.05, 3.63) is 58.1 Å². The van der Waals surface area contributed by atoms with Gasteiger partial charge in [0.05, 0.1) is 6.21 Å². The molecule has 2 rings (SSSR count). The third-order valence-corrected chi connectivity index (χ3v) is 3.32. The molecule has 22 heavy (non-hydrogen) atoms. The number of benzene rings is 2. The molecule has 0 aliphatic carbocycles. The maximum atomic E-state index is 11.9. The van der Waals surface area contributed by atoms with Crippen LogP contribution in [-0.4, -0.2) is 23.9 Å². The van der Waals surface area contributed by atoms with Gasteiger partial charge in [-0.25, -0.2) is 0 Å². The molecule has 2 aromatic rings. The van der Waals surface area contributed by atoms with Gasteiger partial charge in [-0.1, -0.05) is 33.2 Å². The maximum absolute atomic E-state index is 11.9. The molecule has 0 saturated heterocycles. The van der Waals surface area contributed by atoms with Crippen molar-refractivity contribution in [1.29, 1.82) is 0 Å². The maximum Gasteiger partial charge on any atom is 0.262 e. The molecule has 0 spiro atoms. The first-order valence-electron chi connectivity index (χ1n) is 6.55. The zero-order valence-electron chi connectivity index (χ0n) is 11.9. The number of nitrogens with one attached hydrogen (secondary N) is 1. The summed E-state index contributed by atoms with van der Waals surface area (Å²) in [7, 11) is 0. The topological polar surface area (TPSA) is 70.9 Å².